The molecule has 2 heterocycles. The molecule has 2 rings (SSSR count). The molecule has 0 aliphatic heterocycles. The van der Waals surface area contributed by atoms with Crippen LogP contribution in [0.4, 0.5) is 5.82 Å². The smallest absolute Gasteiger partial charge is 0.271 e. The fourth-order valence-corrected chi connectivity index (χ4v) is 2.01. The molecule has 110 valence electrons. The van der Waals surface area contributed by atoms with Crippen LogP contribution in [0.1, 0.15) is 28.5 Å². The van der Waals surface area contributed by atoms with Crippen LogP contribution in [0, 0.1) is 6.92 Å². The molecule has 0 aromatic carbocycles. The van der Waals surface area contributed by atoms with Gasteiger partial charge >= 0.3 is 0 Å². The second-order valence-electron chi connectivity index (χ2n) is 4.54. The predicted molar refractivity (Wildman–Crippen MR) is 83.6 cm³/mol. The average molecular weight is 305 g/mol. The Labute approximate surface area is 128 Å². The second kappa shape index (κ2) is 7.04. The van der Waals surface area contributed by atoms with Crippen molar-refractivity contribution in [2.45, 2.75) is 20.4 Å². The number of aromatic nitrogens is 2. The average Bonchev–Trinajstić information content (AvgIpc) is 2.48. The van der Waals surface area contributed by atoms with Crippen molar-refractivity contribution in [3.63, 3.8) is 0 Å². The van der Waals surface area contributed by atoms with Crippen LogP contribution < -0.4 is 10.6 Å². The normalized spacial score (nSPS) is 10.2. The van der Waals surface area contributed by atoms with Crippen molar-refractivity contribution in [3.8, 4) is 0 Å². The van der Waals surface area contributed by atoms with Crippen molar-refractivity contribution in [1.29, 1.82) is 0 Å². The summed E-state index contributed by atoms with van der Waals surface area (Å²) in [7, 11) is 0. The molecule has 0 radical (unpaired) electrons. The number of halogens is 1. The SMILES string of the molecule is CCNc1ccc(Cl)c(C(=O)NCc2cnccc2C)n1. The molecule has 21 heavy (non-hydrogen) atoms. The zero-order valence-corrected chi connectivity index (χ0v) is 12.7. The summed E-state index contributed by atoms with van der Waals surface area (Å²) in [4.78, 5) is 20.5. The molecule has 0 unspecified atom stereocenters. The Bertz CT molecular complexity index is 645. The Morgan fingerprint density at radius 1 is 1.33 bits per heavy atom. The van der Waals surface area contributed by atoms with Gasteiger partial charge in [0, 0.05) is 25.5 Å². The van der Waals surface area contributed by atoms with E-state index in [-0.39, 0.29) is 11.6 Å². The van der Waals surface area contributed by atoms with E-state index in [2.05, 4.69) is 20.6 Å². The second-order valence-corrected chi connectivity index (χ2v) is 4.95. The number of nitrogens with zero attached hydrogens (tertiary/aromatic N) is 2. The van der Waals surface area contributed by atoms with Crippen LogP contribution in [0.3, 0.4) is 0 Å². The number of rotatable bonds is 5. The van der Waals surface area contributed by atoms with Crippen molar-refractivity contribution in [3.05, 3.63) is 52.4 Å². The van der Waals surface area contributed by atoms with E-state index in [0.717, 1.165) is 17.7 Å². The van der Waals surface area contributed by atoms with Gasteiger partial charge in [-0.05, 0) is 43.2 Å². The van der Waals surface area contributed by atoms with Crippen molar-refractivity contribution < 1.29 is 4.79 Å². The number of anilines is 1. The van der Waals surface area contributed by atoms with Gasteiger partial charge in [-0.3, -0.25) is 9.78 Å². The lowest BCUT2D eigenvalue weighted by Crippen LogP contribution is -2.25. The Morgan fingerprint density at radius 3 is 2.86 bits per heavy atom. The maximum absolute atomic E-state index is 12.2. The van der Waals surface area contributed by atoms with E-state index in [1.807, 2.05) is 19.9 Å². The predicted octanol–water partition coefficient (Wildman–Crippen LogP) is 2.80. The zero-order chi connectivity index (χ0) is 15.2. The molecule has 5 nitrogen and oxygen atoms in total. The molecule has 6 heteroatoms. The van der Waals surface area contributed by atoms with Gasteiger partial charge in [-0.1, -0.05) is 11.6 Å². The third-order valence-electron chi connectivity index (χ3n) is 3.01. The molecule has 1 amide bonds. The van der Waals surface area contributed by atoms with E-state index < -0.39 is 0 Å². The molecule has 0 saturated heterocycles. The maximum Gasteiger partial charge on any atom is 0.271 e. The molecule has 0 fully saturated rings. The lowest BCUT2D eigenvalue weighted by molar-refractivity contribution is 0.0946. The molecule has 2 aromatic heterocycles. The minimum Gasteiger partial charge on any atom is -0.370 e. The summed E-state index contributed by atoms with van der Waals surface area (Å²) < 4.78 is 0. The van der Waals surface area contributed by atoms with Gasteiger partial charge in [-0.2, -0.15) is 0 Å². The first-order valence-corrected chi connectivity index (χ1v) is 7.07. The van der Waals surface area contributed by atoms with Crippen molar-refractivity contribution >= 4 is 23.3 Å². The highest BCUT2D eigenvalue weighted by atomic mass is 35.5. The summed E-state index contributed by atoms with van der Waals surface area (Å²) in [5, 5.41) is 6.20. The summed E-state index contributed by atoms with van der Waals surface area (Å²) in [5.74, 6) is 0.326. The van der Waals surface area contributed by atoms with Gasteiger partial charge in [-0.15, -0.1) is 0 Å². The van der Waals surface area contributed by atoms with Crippen LogP contribution in [0.2, 0.25) is 5.02 Å². The maximum atomic E-state index is 12.2. The first kappa shape index (κ1) is 15.3. The first-order chi connectivity index (χ1) is 10.1. The number of amides is 1. The van der Waals surface area contributed by atoms with Crippen LogP contribution in [-0.4, -0.2) is 22.4 Å². The molecule has 0 saturated carbocycles. The van der Waals surface area contributed by atoms with E-state index in [0.29, 0.717) is 17.4 Å². The minimum atomic E-state index is -0.303. The number of hydrogen-bond acceptors (Lipinski definition) is 4. The quantitative estimate of drug-likeness (QED) is 0.891. The molecule has 0 bridgehead atoms. The van der Waals surface area contributed by atoms with Crippen LogP contribution in [0.25, 0.3) is 0 Å². The van der Waals surface area contributed by atoms with Crippen molar-refractivity contribution in [1.82, 2.24) is 15.3 Å². The monoisotopic (exact) mass is 304 g/mol. The summed E-state index contributed by atoms with van der Waals surface area (Å²) >= 11 is 6.04. The Morgan fingerprint density at radius 2 is 2.14 bits per heavy atom. The summed E-state index contributed by atoms with van der Waals surface area (Å²) in [6, 6.07) is 5.31. The van der Waals surface area contributed by atoms with Crippen LogP contribution in [0.5, 0.6) is 0 Å². The zero-order valence-electron chi connectivity index (χ0n) is 12.0. The van der Waals surface area contributed by atoms with E-state index >= 15 is 0 Å². The summed E-state index contributed by atoms with van der Waals surface area (Å²) in [6.07, 6.45) is 3.46. The number of carbonyl (C=O) groups is 1. The number of nitrogens with one attached hydrogen (secondary N) is 2. The Hall–Kier alpha value is -2.14. The van der Waals surface area contributed by atoms with E-state index in [1.54, 1.807) is 24.5 Å². The van der Waals surface area contributed by atoms with Crippen LogP contribution >= 0.6 is 11.6 Å². The van der Waals surface area contributed by atoms with Gasteiger partial charge in [-0.25, -0.2) is 4.98 Å². The molecule has 2 aromatic rings. The van der Waals surface area contributed by atoms with Gasteiger partial charge < -0.3 is 10.6 Å². The molecule has 2 N–H and O–H groups in total. The number of aryl methyl sites for hydroxylation is 1. The van der Waals surface area contributed by atoms with Crippen molar-refractivity contribution in [2.75, 3.05) is 11.9 Å². The molecule has 0 atom stereocenters. The van der Waals surface area contributed by atoms with E-state index in [1.165, 1.54) is 0 Å². The van der Waals surface area contributed by atoms with E-state index in [4.69, 9.17) is 11.6 Å². The number of hydrogen-bond donors (Lipinski definition) is 2. The van der Waals surface area contributed by atoms with Gasteiger partial charge in [0.15, 0.2) is 0 Å². The first-order valence-electron chi connectivity index (χ1n) is 6.70. The van der Waals surface area contributed by atoms with Gasteiger partial charge in [0.2, 0.25) is 0 Å². The summed E-state index contributed by atoms with van der Waals surface area (Å²) in [6.45, 7) is 5.05. The molecule has 0 aliphatic rings. The number of pyridine rings is 2. The molecular weight excluding hydrogens is 288 g/mol. The largest absolute Gasteiger partial charge is 0.370 e. The van der Waals surface area contributed by atoms with Crippen LogP contribution in [-0.2, 0) is 6.54 Å². The fourth-order valence-electron chi connectivity index (χ4n) is 1.82. The third kappa shape index (κ3) is 3.92. The summed E-state index contributed by atoms with van der Waals surface area (Å²) in [5.41, 5.74) is 2.26. The Kier molecular flexibility index (Phi) is 5.11. The van der Waals surface area contributed by atoms with E-state index in [9.17, 15) is 4.79 Å². The van der Waals surface area contributed by atoms with Gasteiger partial charge in [0.25, 0.3) is 5.91 Å². The highest BCUT2D eigenvalue weighted by Crippen LogP contribution is 2.17. The third-order valence-corrected chi connectivity index (χ3v) is 3.31. The lowest BCUT2D eigenvalue weighted by atomic mass is 10.1. The minimum absolute atomic E-state index is 0.219. The highest BCUT2D eigenvalue weighted by Gasteiger charge is 2.13. The molecular formula is C15H17ClN4O. The Balaban J connectivity index is 2.10. The molecule has 0 spiro atoms. The topological polar surface area (TPSA) is 66.9 Å². The lowest BCUT2D eigenvalue weighted by Gasteiger charge is -2.09. The highest BCUT2D eigenvalue weighted by molar-refractivity contribution is 6.33. The van der Waals surface area contributed by atoms with Gasteiger partial charge in [0.1, 0.15) is 11.5 Å². The standard InChI is InChI=1S/C15H17ClN4O/c1-3-18-13-5-4-12(16)14(20-13)15(21)19-9-11-8-17-7-6-10(11)2/h4-8H,3,9H2,1-2H3,(H,18,20)(H,19,21). The van der Waals surface area contributed by atoms with Crippen molar-refractivity contribution in [2.24, 2.45) is 0 Å². The fraction of sp³-hybridized carbons (Fsp3) is 0.267. The molecule has 0 aliphatic carbocycles. The number of carbonyl (C=O) groups excluding carboxylic acids is 1. The van der Waals surface area contributed by atoms with Crippen LogP contribution in [0.15, 0.2) is 30.6 Å². The van der Waals surface area contributed by atoms with Gasteiger partial charge in [0.05, 0.1) is 5.02 Å².